The Labute approximate surface area is 124 Å². The van der Waals surface area contributed by atoms with Crippen molar-refractivity contribution in [2.24, 2.45) is 5.92 Å². The highest BCUT2D eigenvalue weighted by Gasteiger charge is 2.57. The van der Waals surface area contributed by atoms with Crippen molar-refractivity contribution in [3.05, 3.63) is 0 Å². The van der Waals surface area contributed by atoms with Crippen LogP contribution in [-0.2, 0) is 18.7 Å². The van der Waals surface area contributed by atoms with Gasteiger partial charge in [0.05, 0.1) is 5.60 Å². The van der Waals surface area contributed by atoms with Crippen molar-refractivity contribution in [1.82, 2.24) is 0 Å². The number of rotatable bonds is 3. The Bertz CT molecular complexity index is 397. The Morgan fingerprint density at radius 3 is 2.35 bits per heavy atom. The number of hydrogen-bond acceptors (Lipinski definition) is 4. The lowest BCUT2D eigenvalue weighted by Crippen LogP contribution is -2.43. The van der Waals surface area contributed by atoms with E-state index in [0.29, 0.717) is 6.42 Å². The minimum atomic E-state index is -0.667. The Morgan fingerprint density at radius 1 is 1.20 bits per heavy atom. The van der Waals surface area contributed by atoms with Crippen LogP contribution in [0.1, 0.15) is 54.9 Å². The predicted molar refractivity (Wildman–Crippen MR) is 80.4 cm³/mol. The van der Waals surface area contributed by atoms with Crippen LogP contribution < -0.4 is 0 Å². The Morgan fingerprint density at radius 2 is 1.80 bits per heavy atom. The zero-order chi connectivity index (χ0) is 15.3. The van der Waals surface area contributed by atoms with Gasteiger partial charge in [-0.05, 0) is 32.7 Å². The predicted octanol–water partition coefficient (Wildman–Crippen LogP) is 2.19. The van der Waals surface area contributed by atoms with Gasteiger partial charge in [-0.1, -0.05) is 20.8 Å². The van der Waals surface area contributed by atoms with Gasteiger partial charge in [0.25, 0.3) is 0 Å². The fourth-order valence-electron chi connectivity index (χ4n) is 2.93. The molecule has 0 bridgehead atoms. The summed E-state index contributed by atoms with van der Waals surface area (Å²) in [5, 5.41) is 0.242. The molecule has 4 nitrogen and oxygen atoms in total. The molecule has 0 aromatic heterocycles. The van der Waals surface area contributed by atoms with Crippen molar-refractivity contribution < 1.29 is 18.7 Å². The highest BCUT2D eigenvalue weighted by molar-refractivity contribution is 6.31. The number of Topliss-reactive ketones (excluding diaryl/α,β-unsaturated/α-hetero) is 1. The fraction of sp³-hybridized carbons (Fsp3) is 0.933. The molecule has 0 radical (unpaired) electrons. The minimum Gasteiger partial charge on any atom is -0.418 e. The summed E-state index contributed by atoms with van der Waals surface area (Å²) in [6.07, 6.45) is -0.0765. The van der Waals surface area contributed by atoms with Crippen LogP contribution in [0.4, 0.5) is 0 Å². The zero-order valence-corrected chi connectivity index (χ0v) is 15.2. The van der Waals surface area contributed by atoms with Crippen molar-refractivity contribution in [3.63, 3.8) is 0 Å². The first kappa shape index (κ1) is 16.1. The average Bonchev–Trinajstić information content (AvgIpc) is 2.71. The van der Waals surface area contributed by atoms with Crippen LogP contribution in [0.2, 0.25) is 5.04 Å². The van der Waals surface area contributed by atoms with Crippen LogP contribution in [0, 0.1) is 5.92 Å². The molecule has 0 N–H and O–H groups in total. The number of carbonyl (C=O) groups excluding carboxylic acids is 1. The Hall–Kier alpha value is -0.233. The zero-order valence-electron chi connectivity index (χ0n) is 13.8. The van der Waals surface area contributed by atoms with Gasteiger partial charge in [0.1, 0.15) is 12.2 Å². The SMILES string of the molecule is CC1(C)O[C@@H]2[C@H](O1)C(=O)C[C@H]2C(C)(C)O[SiH2]C(C)(C)C. The topological polar surface area (TPSA) is 44.8 Å². The maximum Gasteiger partial charge on any atom is 0.167 e. The van der Waals surface area contributed by atoms with Crippen molar-refractivity contribution >= 4 is 15.5 Å². The highest BCUT2D eigenvalue weighted by atomic mass is 28.2. The van der Waals surface area contributed by atoms with Crippen LogP contribution in [0.25, 0.3) is 0 Å². The van der Waals surface area contributed by atoms with E-state index in [1.165, 1.54) is 0 Å². The van der Waals surface area contributed by atoms with Crippen molar-refractivity contribution in [2.75, 3.05) is 0 Å². The van der Waals surface area contributed by atoms with Crippen LogP contribution in [-0.4, -0.2) is 39.1 Å². The molecule has 5 heteroatoms. The quantitative estimate of drug-likeness (QED) is 0.750. The van der Waals surface area contributed by atoms with Crippen molar-refractivity contribution in [1.29, 1.82) is 0 Å². The van der Waals surface area contributed by atoms with Gasteiger partial charge in [0.2, 0.25) is 0 Å². The van der Waals surface area contributed by atoms with Gasteiger partial charge in [-0.25, -0.2) is 0 Å². The first-order chi connectivity index (χ1) is 8.91. The van der Waals surface area contributed by atoms with Crippen LogP contribution in [0.5, 0.6) is 0 Å². The normalized spacial score (nSPS) is 34.1. The summed E-state index contributed by atoms with van der Waals surface area (Å²) in [5.41, 5.74) is -0.335. The molecular formula is C15H28O4Si. The summed E-state index contributed by atoms with van der Waals surface area (Å²) in [7, 11) is -0.667. The summed E-state index contributed by atoms with van der Waals surface area (Å²) < 4.78 is 18.0. The van der Waals surface area contributed by atoms with Gasteiger partial charge in [0.15, 0.2) is 21.3 Å². The third-order valence-corrected chi connectivity index (χ3v) is 5.79. The van der Waals surface area contributed by atoms with Crippen molar-refractivity contribution in [3.8, 4) is 0 Å². The molecule has 0 spiro atoms. The monoisotopic (exact) mass is 300 g/mol. The molecule has 1 saturated heterocycles. The van der Waals surface area contributed by atoms with Crippen LogP contribution in [0.3, 0.4) is 0 Å². The summed E-state index contributed by atoms with van der Waals surface area (Å²) in [5.74, 6) is -0.433. The fourth-order valence-corrected chi connectivity index (χ4v) is 3.95. The maximum atomic E-state index is 12.2. The number of hydrogen-bond donors (Lipinski definition) is 0. The first-order valence-corrected chi connectivity index (χ1v) is 8.72. The molecule has 2 aliphatic rings. The van der Waals surface area contributed by atoms with E-state index < -0.39 is 21.7 Å². The maximum absolute atomic E-state index is 12.2. The van der Waals surface area contributed by atoms with Gasteiger partial charge in [-0.15, -0.1) is 0 Å². The molecule has 20 heavy (non-hydrogen) atoms. The molecule has 116 valence electrons. The average molecular weight is 300 g/mol. The largest absolute Gasteiger partial charge is 0.418 e. The van der Waals surface area contributed by atoms with Gasteiger partial charge in [-0.3, -0.25) is 4.79 Å². The third-order valence-electron chi connectivity index (χ3n) is 4.03. The molecule has 1 saturated carbocycles. The molecule has 2 fully saturated rings. The van der Waals surface area contributed by atoms with E-state index in [1.807, 2.05) is 13.8 Å². The Kier molecular flexibility index (Phi) is 3.96. The molecule has 3 atom stereocenters. The molecule has 1 aliphatic carbocycles. The van der Waals surface area contributed by atoms with E-state index in [4.69, 9.17) is 13.9 Å². The molecule has 0 unspecified atom stereocenters. The molecule has 1 aliphatic heterocycles. The molecule has 0 amide bonds. The summed E-state index contributed by atoms with van der Waals surface area (Å²) in [6, 6.07) is 0. The van der Waals surface area contributed by atoms with E-state index in [-0.39, 0.29) is 28.4 Å². The second kappa shape index (κ2) is 4.90. The van der Waals surface area contributed by atoms with Crippen LogP contribution >= 0.6 is 0 Å². The summed E-state index contributed by atoms with van der Waals surface area (Å²) in [4.78, 5) is 12.2. The number of ether oxygens (including phenoxy) is 2. The molecule has 0 aromatic carbocycles. The summed E-state index contributed by atoms with van der Waals surface area (Å²) in [6.45, 7) is 14.5. The third kappa shape index (κ3) is 3.32. The molecular weight excluding hydrogens is 272 g/mol. The number of carbonyl (C=O) groups is 1. The van der Waals surface area contributed by atoms with E-state index in [0.717, 1.165) is 0 Å². The lowest BCUT2D eigenvalue weighted by Gasteiger charge is -2.37. The lowest BCUT2D eigenvalue weighted by atomic mass is 9.88. The van der Waals surface area contributed by atoms with Gasteiger partial charge >= 0.3 is 0 Å². The van der Waals surface area contributed by atoms with E-state index >= 15 is 0 Å². The molecule has 0 aromatic rings. The minimum absolute atomic E-state index is 0.0802. The molecule has 2 rings (SSSR count). The van der Waals surface area contributed by atoms with Crippen LogP contribution in [0.15, 0.2) is 0 Å². The van der Waals surface area contributed by atoms with E-state index in [9.17, 15) is 4.79 Å². The van der Waals surface area contributed by atoms with E-state index in [2.05, 4.69) is 34.6 Å². The van der Waals surface area contributed by atoms with Gasteiger partial charge in [0, 0.05) is 12.3 Å². The standard InChI is InChI=1S/C15H28O4Si/c1-13(2,3)20-19-14(4,5)9-8-10(16)12-11(9)17-15(6,7)18-12/h9,11-12H,8,20H2,1-7H3/t9-,11+,12-/m1/s1. The molecule has 1 heterocycles. The van der Waals surface area contributed by atoms with E-state index in [1.54, 1.807) is 0 Å². The van der Waals surface area contributed by atoms with Gasteiger partial charge < -0.3 is 13.9 Å². The highest BCUT2D eigenvalue weighted by Crippen LogP contribution is 2.45. The van der Waals surface area contributed by atoms with Crippen molar-refractivity contribution in [2.45, 2.75) is 83.5 Å². The Balaban J connectivity index is 2.10. The summed E-state index contributed by atoms with van der Waals surface area (Å²) >= 11 is 0. The second-order valence-corrected chi connectivity index (χ2v) is 10.9. The second-order valence-electron chi connectivity index (χ2n) is 8.25. The number of ketones is 1. The number of fused-ring (bicyclic) bond motifs is 1. The van der Waals surface area contributed by atoms with Gasteiger partial charge in [-0.2, -0.15) is 0 Å². The smallest absolute Gasteiger partial charge is 0.167 e. The lowest BCUT2D eigenvalue weighted by molar-refractivity contribution is -0.169. The first-order valence-electron chi connectivity index (χ1n) is 7.44.